The van der Waals surface area contributed by atoms with Gasteiger partial charge in [-0.15, -0.1) is 0 Å². The molecule has 2 aliphatic heterocycles. The smallest absolute Gasteiger partial charge is 0.340 e. The van der Waals surface area contributed by atoms with E-state index in [-0.39, 0.29) is 18.6 Å². The molecule has 3 aromatic carbocycles. The van der Waals surface area contributed by atoms with E-state index in [4.69, 9.17) is 28.4 Å². The van der Waals surface area contributed by atoms with Crippen molar-refractivity contribution in [2.24, 2.45) is 11.8 Å². The van der Waals surface area contributed by atoms with Gasteiger partial charge in [0.25, 0.3) is 0 Å². The number of cyclic esters (lactones) is 1. The van der Waals surface area contributed by atoms with Crippen LogP contribution >= 0.6 is 0 Å². The van der Waals surface area contributed by atoms with Crippen molar-refractivity contribution >= 4 is 18.2 Å². The molecule has 1 fully saturated rings. The first kappa shape index (κ1) is 40.8. The number of aldehydes is 1. The molecule has 3 aromatic rings. The zero-order valence-electron chi connectivity index (χ0n) is 32.7. The van der Waals surface area contributed by atoms with Gasteiger partial charge >= 0.3 is 11.9 Å². The zero-order chi connectivity index (χ0) is 39.0. The standard InChI is InChI=1S/C44H55NO9/c1-29(28-46)25-44(7,49-8)39(31(3)37-32(4)40(47)54-43(5,6)53-37)52-42-38(51-41(48)35-22-16-11-17-23-35)36(24-30(2)50-42)45(26-33-18-12-9-13-19-33)27-34-20-14-10-15-21-34/h9-23,28-31,36,38-39,42H,24-27H2,1-8H3/t29-,30?,31+,36?,38?,39-,42?,44-/m1/s1. The van der Waals surface area contributed by atoms with Gasteiger partial charge in [0, 0.05) is 45.9 Å². The monoisotopic (exact) mass is 741 g/mol. The highest BCUT2D eigenvalue weighted by molar-refractivity contribution is 5.90. The van der Waals surface area contributed by atoms with E-state index in [9.17, 15) is 14.4 Å². The summed E-state index contributed by atoms with van der Waals surface area (Å²) in [6.45, 7) is 13.7. The summed E-state index contributed by atoms with van der Waals surface area (Å²) in [5, 5.41) is 0. The summed E-state index contributed by atoms with van der Waals surface area (Å²) in [5.74, 6) is -2.85. The third-order valence-electron chi connectivity index (χ3n) is 10.3. The van der Waals surface area contributed by atoms with E-state index >= 15 is 0 Å². The highest BCUT2D eigenvalue weighted by atomic mass is 16.7. The second-order valence-corrected chi connectivity index (χ2v) is 15.3. The number of carbonyl (C=O) groups is 3. The Labute approximate surface area is 319 Å². The molecule has 4 unspecified atom stereocenters. The van der Waals surface area contributed by atoms with Gasteiger partial charge in [-0.2, -0.15) is 0 Å². The number of esters is 2. The molecule has 0 amide bonds. The summed E-state index contributed by atoms with van der Waals surface area (Å²) >= 11 is 0. The molecule has 0 radical (unpaired) electrons. The number of methoxy groups -OCH3 is 1. The maximum Gasteiger partial charge on any atom is 0.340 e. The summed E-state index contributed by atoms with van der Waals surface area (Å²) in [4.78, 5) is 41.4. The van der Waals surface area contributed by atoms with E-state index in [1.807, 2.05) is 70.2 Å². The lowest BCUT2D eigenvalue weighted by Gasteiger charge is -2.49. The average Bonchev–Trinajstić information content (AvgIpc) is 3.16. The largest absolute Gasteiger partial charge is 0.456 e. The van der Waals surface area contributed by atoms with Gasteiger partial charge in [-0.1, -0.05) is 92.7 Å². The van der Waals surface area contributed by atoms with Crippen molar-refractivity contribution < 1.29 is 42.8 Å². The molecular weight excluding hydrogens is 686 g/mol. The van der Waals surface area contributed by atoms with Gasteiger partial charge < -0.3 is 33.2 Å². The van der Waals surface area contributed by atoms with Crippen LogP contribution in [-0.2, 0) is 51.1 Å². The molecule has 290 valence electrons. The number of ether oxygens (including phenoxy) is 6. The second kappa shape index (κ2) is 17.9. The minimum atomic E-state index is -1.23. The van der Waals surface area contributed by atoms with Crippen LogP contribution in [-0.4, -0.2) is 72.3 Å². The van der Waals surface area contributed by atoms with E-state index < -0.39 is 53.7 Å². The van der Waals surface area contributed by atoms with Gasteiger partial charge in [-0.3, -0.25) is 4.90 Å². The number of benzene rings is 3. The first-order valence-corrected chi connectivity index (χ1v) is 18.8. The maximum absolute atomic E-state index is 14.0. The van der Waals surface area contributed by atoms with Crippen LogP contribution in [0.5, 0.6) is 0 Å². The lowest BCUT2D eigenvalue weighted by molar-refractivity contribution is -0.299. The molecule has 5 rings (SSSR count). The predicted molar refractivity (Wildman–Crippen MR) is 204 cm³/mol. The lowest BCUT2D eigenvalue weighted by atomic mass is 9.80. The molecule has 10 heteroatoms. The molecular formula is C44H55NO9. The Morgan fingerprint density at radius 1 is 0.944 bits per heavy atom. The maximum atomic E-state index is 14.0. The molecule has 0 aliphatic carbocycles. The fourth-order valence-corrected chi connectivity index (χ4v) is 7.58. The third-order valence-corrected chi connectivity index (χ3v) is 10.3. The average molecular weight is 742 g/mol. The molecule has 1 saturated heterocycles. The van der Waals surface area contributed by atoms with Gasteiger partial charge in [-0.25, -0.2) is 9.59 Å². The predicted octanol–water partition coefficient (Wildman–Crippen LogP) is 7.65. The molecule has 8 atom stereocenters. The zero-order valence-corrected chi connectivity index (χ0v) is 32.7. The summed E-state index contributed by atoms with van der Waals surface area (Å²) < 4.78 is 38.4. The Morgan fingerprint density at radius 2 is 1.50 bits per heavy atom. The van der Waals surface area contributed by atoms with Crippen LogP contribution in [0.4, 0.5) is 0 Å². The van der Waals surface area contributed by atoms with Crippen LogP contribution in [0, 0.1) is 11.8 Å². The van der Waals surface area contributed by atoms with Crippen molar-refractivity contribution in [3.63, 3.8) is 0 Å². The van der Waals surface area contributed by atoms with Gasteiger partial charge in [0.2, 0.25) is 5.79 Å². The number of carbonyl (C=O) groups excluding carboxylic acids is 3. The Balaban J connectivity index is 1.62. The summed E-state index contributed by atoms with van der Waals surface area (Å²) in [6.07, 6.45) is -1.45. The van der Waals surface area contributed by atoms with Crippen molar-refractivity contribution in [3.8, 4) is 0 Å². The first-order chi connectivity index (χ1) is 25.7. The molecule has 2 heterocycles. The summed E-state index contributed by atoms with van der Waals surface area (Å²) in [7, 11) is 1.57. The second-order valence-electron chi connectivity index (χ2n) is 15.3. The van der Waals surface area contributed by atoms with E-state index in [1.54, 1.807) is 52.1 Å². The summed E-state index contributed by atoms with van der Waals surface area (Å²) in [6, 6.07) is 28.9. The van der Waals surface area contributed by atoms with Crippen molar-refractivity contribution in [1.29, 1.82) is 0 Å². The fourth-order valence-electron chi connectivity index (χ4n) is 7.58. The van der Waals surface area contributed by atoms with Crippen LogP contribution < -0.4 is 0 Å². The third kappa shape index (κ3) is 10.0. The SMILES string of the molecule is CO[C@](C)(C[C@@H](C)C=O)[C@H](OC1OC(C)CC(N(Cc2ccccc2)Cc2ccccc2)C1OC(=O)c1ccccc1)[C@@H](C)C1=C(C)C(=O)OC(C)(C)O1. The number of rotatable bonds is 16. The Bertz CT molecular complexity index is 1690. The molecule has 54 heavy (non-hydrogen) atoms. The molecule has 0 bridgehead atoms. The van der Waals surface area contributed by atoms with E-state index in [0.717, 1.165) is 17.4 Å². The van der Waals surface area contributed by atoms with Crippen LogP contribution in [0.25, 0.3) is 0 Å². The van der Waals surface area contributed by atoms with Crippen LogP contribution in [0.2, 0.25) is 0 Å². The van der Waals surface area contributed by atoms with Gasteiger partial charge in [0.15, 0.2) is 12.4 Å². The minimum Gasteiger partial charge on any atom is -0.456 e. The van der Waals surface area contributed by atoms with Crippen LogP contribution in [0.3, 0.4) is 0 Å². The number of nitrogens with zero attached hydrogens (tertiary/aromatic N) is 1. The lowest BCUT2D eigenvalue weighted by Crippen LogP contribution is -2.60. The first-order valence-electron chi connectivity index (χ1n) is 18.8. The van der Waals surface area contributed by atoms with Gasteiger partial charge in [-0.05, 0) is 56.9 Å². The summed E-state index contributed by atoms with van der Waals surface area (Å²) in [5.41, 5.74) is 1.81. The van der Waals surface area contributed by atoms with Gasteiger partial charge in [0.1, 0.15) is 12.0 Å². The van der Waals surface area contributed by atoms with Gasteiger partial charge in [0.05, 0.1) is 35.0 Å². The minimum absolute atomic E-state index is 0.288. The van der Waals surface area contributed by atoms with E-state index in [0.29, 0.717) is 36.4 Å². The highest BCUT2D eigenvalue weighted by Gasteiger charge is 2.51. The molecule has 0 N–H and O–H groups in total. The molecule has 2 aliphatic rings. The molecule has 10 nitrogen and oxygen atoms in total. The van der Waals surface area contributed by atoms with Crippen molar-refractivity contribution in [3.05, 3.63) is 119 Å². The quantitative estimate of drug-likeness (QED) is 0.107. The Hall–Kier alpha value is -4.35. The molecule has 0 saturated carbocycles. The number of hydrogen-bond donors (Lipinski definition) is 0. The van der Waals surface area contributed by atoms with E-state index in [1.165, 1.54) is 0 Å². The Morgan fingerprint density at radius 3 is 2.04 bits per heavy atom. The van der Waals surface area contributed by atoms with Crippen LogP contribution in [0.1, 0.15) is 82.8 Å². The number of hydrogen-bond acceptors (Lipinski definition) is 10. The highest BCUT2D eigenvalue weighted by Crippen LogP contribution is 2.41. The van der Waals surface area contributed by atoms with Crippen molar-refractivity contribution in [2.75, 3.05) is 7.11 Å². The normalized spacial score (nSPS) is 24.1. The van der Waals surface area contributed by atoms with Crippen molar-refractivity contribution in [1.82, 2.24) is 4.90 Å². The Kier molecular flexibility index (Phi) is 13.5. The fraction of sp³-hybridized carbons (Fsp3) is 0.477. The molecule has 0 spiro atoms. The van der Waals surface area contributed by atoms with Crippen LogP contribution in [0.15, 0.2) is 102 Å². The van der Waals surface area contributed by atoms with Crippen molar-refractivity contribution in [2.45, 2.75) is 116 Å². The van der Waals surface area contributed by atoms with E-state index in [2.05, 4.69) is 29.2 Å². The topological polar surface area (TPSA) is 110 Å². The molecule has 0 aromatic heterocycles.